The summed E-state index contributed by atoms with van der Waals surface area (Å²) >= 11 is 6.65. The molecule has 1 aliphatic heterocycles. The zero-order valence-corrected chi connectivity index (χ0v) is 18.5. The first kappa shape index (κ1) is 22.4. The number of rotatable bonds is 4. The quantitative estimate of drug-likeness (QED) is 0.198. The molecule has 0 aliphatic carbocycles. The summed E-state index contributed by atoms with van der Waals surface area (Å²) in [5, 5.41) is 3.86. The Morgan fingerprint density at radius 3 is 2.17 bits per heavy atom. The number of nitrogens with zero attached hydrogens (tertiary/aromatic N) is 2. The van der Waals surface area contributed by atoms with Gasteiger partial charge in [-0.3, -0.25) is 4.79 Å². The second-order valence-electron chi connectivity index (χ2n) is 6.02. The molecule has 1 heterocycles. The average Bonchev–Trinajstić information content (AvgIpc) is 2.95. The molecule has 0 unspecified atom stereocenters. The maximum atomic E-state index is 14.1. The average molecular weight is 554 g/mol. The summed E-state index contributed by atoms with van der Waals surface area (Å²) in [6.07, 6.45) is 1.35. The van der Waals surface area contributed by atoms with Gasteiger partial charge in [-0.1, -0.05) is 15.9 Å². The molecule has 158 valence electrons. The molecule has 0 saturated carbocycles. The summed E-state index contributed by atoms with van der Waals surface area (Å²) in [4.78, 5) is 12.8. The second kappa shape index (κ2) is 8.46. The monoisotopic (exact) mass is 552 g/mol. The molecule has 0 radical (unpaired) electrons. The van der Waals surface area contributed by atoms with Crippen molar-refractivity contribution in [2.75, 3.05) is 11.6 Å². The van der Waals surface area contributed by atoms with Crippen LogP contribution in [0.1, 0.15) is 19.4 Å². The van der Waals surface area contributed by atoms with Crippen molar-refractivity contribution in [3.8, 4) is 5.75 Å². The van der Waals surface area contributed by atoms with Crippen molar-refractivity contribution in [1.82, 2.24) is 0 Å². The Morgan fingerprint density at radius 2 is 1.60 bits per heavy atom. The SMILES string of the molecule is CCOc1c(Br)cc(Br)cc1/C=C1\C(=O)N(c2c(F)c(F)c(F)c(F)c2F)N=C1C. The molecule has 1 amide bonds. The third kappa shape index (κ3) is 3.76. The number of hydrogen-bond donors (Lipinski definition) is 0. The summed E-state index contributed by atoms with van der Waals surface area (Å²) in [5.41, 5.74) is -1.11. The summed E-state index contributed by atoms with van der Waals surface area (Å²) in [5.74, 6) is -11.6. The first-order valence-electron chi connectivity index (χ1n) is 8.33. The predicted molar refractivity (Wildman–Crippen MR) is 108 cm³/mol. The third-order valence-corrected chi connectivity index (χ3v) is 5.13. The lowest BCUT2D eigenvalue weighted by Gasteiger charge is -2.15. The number of carbonyl (C=O) groups is 1. The summed E-state index contributed by atoms with van der Waals surface area (Å²) in [7, 11) is 0. The van der Waals surface area contributed by atoms with Crippen molar-refractivity contribution in [1.29, 1.82) is 0 Å². The van der Waals surface area contributed by atoms with Crippen LogP contribution in [0.5, 0.6) is 5.75 Å². The van der Waals surface area contributed by atoms with Crippen LogP contribution in [0.15, 0.2) is 31.8 Å². The highest BCUT2D eigenvalue weighted by Crippen LogP contribution is 2.37. The molecular formula is C19H11Br2F5N2O2. The van der Waals surface area contributed by atoms with E-state index in [9.17, 15) is 26.7 Å². The standard InChI is InChI=1S/C19H11Br2F5N2O2/c1-3-30-18-8(4-9(20)6-11(18)21)5-10-7(2)27-28(19(10)29)17-15(25)13(23)12(22)14(24)16(17)26/h4-6H,3H2,1-2H3/b10-5-. The molecule has 0 bridgehead atoms. The van der Waals surface area contributed by atoms with E-state index in [1.54, 1.807) is 19.1 Å². The normalized spacial score (nSPS) is 15.2. The van der Waals surface area contributed by atoms with Gasteiger partial charge in [0, 0.05) is 10.0 Å². The lowest BCUT2D eigenvalue weighted by molar-refractivity contribution is -0.114. The molecule has 4 nitrogen and oxygen atoms in total. The van der Waals surface area contributed by atoms with E-state index in [0.717, 1.165) is 0 Å². The Balaban J connectivity index is 2.13. The van der Waals surface area contributed by atoms with Gasteiger partial charge in [-0.15, -0.1) is 0 Å². The molecule has 3 rings (SSSR count). The third-order valence-electron chi connectivity index (χ3n) is 4.09. The van der Waals surface area contributed by atoms with Crippen LogP contribution in [0, 0.1) is 29.1 Å². The molecule has 30 heavy (non-hydrogen) atoms. The van der Waals surface area contributed by atoms with Gasteiger partial charge in [0.05, 0.1) is 22.4 Å². The van der Waals surface area contributed by atoms with Crippen LogP contribution in [0.4, 0.5) is 27.6 Å². The van der Waals surface area contributed by atoms with Gasteiger partial charge in [0.15, 0.2) is 23.3 Å². The molecule has 0 saturated heterocycles. The summed E-state index contributed by atoms with van der Waals surface area (Å²) < 4.78 is 75.5. The van der Waals surface area contributed by atoms with Gasteiger partial charge < -0.3 is 4.74 Å². The number of halogens is 7. The van der Waals surface area contributed by atoms with Crippen molar-refractivity contribution < 1.29 is 31.5 Å². The van der Waals surface area contributed by atoms with Crippen molar-refractivity contribution in [2.45, 2.75) is 13.8 Å². The number of anilines is 1. The fourth-order valence-corrected chi connectivity index (χ4v) is 4.13. The van der Waals surface area contributed by atoms with Gasteiger partial charge in [0.1, 0.15) is 11.4 Å². The number of amides is 1. The topological polar surface area (TPSA) is 41.9 Å². The highest BCUT2D eigenvalue weighted by atomic mass is 79.9. The van der Waals surface area contributed by atoms with Gasteiger partial charge in [0.2, 0.25) is 5.82 Å². The van der Waals surface area contributed by atoms with E-state index < -0.39 is 40.7 Å². The van der Waals surface area contributed by atoms with E-state index in [-0.39, 0.29) is 16.3 Å². The summed E-state index contributed by atoms with van der Waals surface area (Å²) in [6.45, 7) is 3.43. The zero-order valence-electron chi connectivity index (χ0n) is 15.3. The Kier molecular flexibility index (Phi) is 6.32. The number of carbonyl (C=O) groups excluding carboxylic acids is 1. The first-order valence-corrected chi connectivity index (χ1v) is 9.92. The van der Waals surface area contributed by atoms with E-state index in [1.165, 1.54) is 13.0 Å². The van der Waals surface area contributed by atoms with Gasteiger partial charge in [-0.2, -0.15) is 10.1 Å². The maximum absolute atomic E-state index is 14.1. The highest BCUT2D eigenvalue weighted by molar-refractivity contribution is 9.11. The van der Waals surface area contributed by atoms with E-state index in [2.05, 4.69) is 37.0 Å². The Morgan fingerprint density at radius 1 is 1.03 bits per heavy atom. The Bertz CT molecular complexity index is 1110. The van der Waals surface area contributed by atoms with E-state index in [0.29, 0.717) is 26.9 Å². The smallest absolute Gasteiger partial charge is 0.280 e. The van der Waals surface area contributed by atoms with Crippen LogP contribution in [-0.2, 0) is 4.79 Å². The second-order valence-corrected chi connectivity index (χ2v) is 7.79. The molecule has 2 aromatic carbocycles. The molecule has 0 aromatic heterocycles. The Hall–Kier alpha value is -2.27. The number of hydrogen-bond acceptors (Lipinski definition) is 3. The Labute approximate surface area is 184 Å². The minimum absolute atomic E-state index is 0.0162. The largest absolute Gasteiger partial charge is 0.492 e. The minimum Gasteiger partial charge on any atom is -0.492 e. The molecule has 0 fully saturated rings. The van der Waals surface area contributed by atoms with Crippen molar-refractivity contribution in [3.63, 3.8) is 0 Å². The van der Waals surface area contributed by atoms with Crippen LogP contribution >= 0.6 is 31.9 Å². The highest BCUT2D eigenvalue weighted by Gasteiger charge is 2.37. The molecule has 11 heteroatoms. The van der Waals surface area contributed by atoms with Gasteiger partial charge >= 0.3 is 0 Å². The van der Waals surface area contributed by atoms with Gasteiger partial charge in [-0.25, -0.2) is 22.0 Å². The molecule has 0 spiro atoms. The first-order chi connectivity index (χ1) is 14.1. The fraction of sp³-hybridized carbons (Fsp3) is 0.158. The van der Waals surface area contributed by atoms with Crippen LogP contribution in [0.3, 0.4) is 0 Å². The lowest BCUT2D eigenvalue weighted by Crippen LogP contribution is -2.25. The predicted octanol–water partition coefficient (Wildman–Crippen LogP) is 6.11. The van der Waals surface area contributed by atoms with Gasteiger partial charge in [0.25, 0.3) is 5.91 Å². The number of benzene rings is 2. The van der Waals surface area contributed by atoms with E-state index in [1.807, 2.05) is 0 Å². The van der Waals surface area contributed by atoms with Crippen LogP contribution in [0.2, 0.25) is 0 Å². The fourth-order valence-electron chi connectivity index (χ4n) is 2.75. The summed E-state index contributed by atoms with van der Waals surface area (Å²) in [6, 6.07) is 3.34. The molecule has 0 atom stereocenters. The molecule has 1 aliphatic rings. The van der Waals surface area contributed by atoms with Crippen LogP contribution in [-0.4, -0.2) is 18.2 Å². The van der Waals surface area contributed by atoms with E-state index >= 15 is 0 Å². The van der Waals surface area contributed by atoms with E-state index in [4.69, 9.17) is 4.74 Å². The van der Waals surface area contributed by atoms with Crippen LogP contribution < -0.4 is 9.75 Å². The van der Waals surface area contributed by atoms with Crippen LogP contribution in [0.25, 0.3) is 6.08 Å². The number of hydrazone groups is 1. The molecular weight excluding hydrogens is 543 g/mol. The maximum Gasteiger partial charge on any atom is 0.280 e. The minimum atomic E-state index is -2.32. The number of ether oxygens (including phenoxy) is 1. The van der Waals surface area contributed by atoms with Crippen molar-refractivity contribution in [3.05, 3.63) is 61.3 Å². The lowest BCUT2D eigenvalue weighted by atomic mass is 10.1. The zero-order chi connectivity index (χ0) is 22.3. The molecule has 2 aromatic rings. The van der Waals surface area contributed by atoms with Gasteiger partial charge in [-0.05, 0) is 48.0 Å². The van der Waals surface area contributed by atoms with Crippen molar-refractivity contribution in [2.24, 2.45) is 5.10 Å². The van der Waals surface area contributed by atoms with Crippen molar-refractivity contribution >= 4 is 55.2 Å². The molecule has 0 N–H and O–H groups in total.